The normalized spacial score (nSPS) is 53.6. The molecule has 0 aromatic rings. The molecule has 4 nitrogen and oxygen atoms in total. The van der Waals surface area contributed by atoms with Crippen LogP contribution in [0.5, 0.6) is 0 Å². The standard InChI is InChI=1S/C13H18F2O4S/c14-13(15,20(17,18)19)9-3-5-1-7(9)11-6-2-8(12(5)11)10(16)4-6/h5-12,16H,1-4H2,(H,17,18,19). The predicted octanol–water partition coefficient (Wildman–Crippen LogP) is 1.76. The summed E-state index contributed by atoms with van der Waals surface area (Å²) >= 11 is 0. The fourth-order valence-electron chi connectivity index (χ4n) is 6.14. The second-order valence-corrected chi connectivity index (χ2v) is 8.65. The molecule has 4 rings (SSSR count). The van der Waals surface area contributed by atoms with Gasteiger partial charge in [0.05, 0.1) is 6.10 Å². The van der Waals surface area contributed by atoms with E-state index >= 15 is 0 Å². The molecule has 114 valence electrons. The van der Waals surface area contributed by atoms with Crippen LogP contribution in [0.4, 0.5) is 8.78 Å². The number of alkyl halides is 2. The highest BCUT2D eigenvalue weighted by Gasteiger charge is 2.69. The van der Waals surface area contributed by atoms with Gasteiger partial charge in [0.25, 0.3) is 0 Å². The number of hydrogen-bond acceptors (Lipinski definition) is 3. The van der Waals surface area contributed by atoms with Crippen LogP contribution in [0, 0.1) is 41.4 Å². The van der Waals surface area contributed by atoms with Crippen LogP contribution in [-0.2, 0) is 10.1 Å². The lowest BCUT2D eigenvalue weighted by atomic mass is 9.67. The summed E-state index contributed by atoms with van der Waals surface area (Å²) in [5.41, 5.74) is 0. The average Bonchev–Trinajstić information content (AvgIpc) is 3.02. The topological polar surface area (TPSA) is 74.6 Å². The molecule has 0 radical (unpaired) electrons. The van der Waals surface area contributed by atoms with Crippen LogP contribution < -0.4 is 0 Å². The Labute approximate surface area is 116 Å². The van der Waals surface area contributed by atoms with Crippen molar-refractivity contribution in [1.29, 1.82) is 0 Å². The van der Waals surface area contributed by atoms with E-state index in [4.69, 9.17) is 4.55 Å². The van der Waals surface area contributed by atoms with E-state index in [0.717, 1.165) is 6.42 Å². The third-order valence-electron chi connectivity index (χ3n) is 6.56. The van der Waals surface area contributed by atoms with E-state index in [9.17, 15) is 22.3 Å². The molecule has 0 aliphatic heterocycles. The summed E-state index contributed by atoms with van der Waals surface area (Å²) in [5.74, 6) is -0.575. The second kappa shape index (κ2) is 3.73. The minimum Gasteiger partial charge on any atom is -0.393 e. The lowest BCUT2D eigenvalue weighted by Crippen LogP contribution is -2.46. The van der Waals surface area contributed by atoms with Crippen LogP contribution >= 0.6 is 0 Å². The number of aliphatic hydroxyl groups excluding tert-OH is 1. The number of aliphatic hydroxyl groups is 1. The molecule has 20 heavy (non-hydrogen) atoms. The first-order chi connectivity index (χ1) is 9.22. The van der Waals surface area contributed by atoms with E-state index in [1.807, 2.05) is 0 Å². The zero-order chi connectivity index (χ0) is 14.4. The summed E-state index contributed by atoms with van der Waals surface area (Å²) in [6.45, 7) is 0. The Morgan fingerprint density at radius 1 is 0.950 bits per heavy atom. The smallest absolute Gasteiger partial charge is 0.372 e. The van der Waals surface area contributed by atoms with E-state index < -0.39 is 21.3 Å². The van der Waals surface area contributed by atoms with E-state index in [2.05, 4.69) is 0 Å². The summed E-state index contributed by atoms with van der Waals surface area (Å²) in [5, 5.41) is 5.94. The molecule has 0 amide bonds. The van der Waals surface area contributed by atoms with Gasteiger partial charge in [-0.2, -0.15) is 17.2 Å². The highest BCUT2D eigenvalue weighted by Crippen LogP contribution is 2.70. The van der Waals surface area contributed by atoms with Crippen LogP contribution in [0.2, 0.25) is 0 Å². The van der Waals surface area contributed by atoms with Crippen molar-refractivity contribution in [2.24, 2.45) is 41.4 Å². The molecule has 4 fully saturated rings. The molecule has 2 N–H and O–H groups in total. The Morgan fingerprint density at radius 2 is 1.50 bits per heavy atom. The molecule has 4 aliphatic rings. The van der Waals surface area contributed by atoms with Gasteiger partial charge in [-0.1, -0.05) is 0 Å². The zero-order valence-corrected chi connectivity index (χ0v) is 11.6. The van der Waals surface area contributed by atoms with Gasteiger partial charge in [0.15, 0.2) is 0 Å². The van der Waals surface area contributed by atoms with E-state index in [1.54, 1.807) is 0 Å². The predicted molar refractivity (Wildman–Crippen MR) is 65.4 cm³/mol. The van der Waals surface area contributed by atoms with Crippen molar-refractivity contribution in [3.63, 3.8) is 0 Å². The molecular weight excluding hydrogens is 290 g/mol. The molecule has 4 aliphatic carbocycles. The SMILES string of the molecule is O=S(=O)(O)C(F)(F)C1CC2CC1C1C3CC(O)C(C3)C21. The molecule has 0 heterocycles. The first-order valence-corrected chi connectivity index (χ1v) is 8.68. The van der Waals surface area contributed by atoms with Gasteiger partial charge < -0.3 is 5.11 Å². The number of fused-ring (bicyclic) bond motifs is 9. The minimum absolute atomic E-state index is 0.0903. The van der Waals surface area contributed by atoms with Crippen LogP contribution in [0.25, 0.3) is 0 Å². The first kappa shape index (κ1) is 13.4. The summed E-state index contributed by atoms with van der Waals surface area (Å²) in [7, 11) is -5.34. The second-order valence-electron chi connectivity index (χ2n) is 7.16. The maximum Gasteiger partial charge on any atom is 0.372 e. The van der Waals surface area contributed by atoms with Crippen LogP contribution in [0.1, 0.15) is 25.7 Å². The van der Waals surface area contributed by atoms with Gasteiger partial charge in [-0.15, -0.1) is 0 Å². The molecule has 8 unspecified atom stereocenters. The third kappa shape index (κ3) is 1.44. The zero-order valence-electron chi connectivity index (χ0n) is 10.8. The van der Waals surface area contributed by atoms with Gasteiger partial charge in [-0.25, -0.2) is 0 Å². The van der Waals surface area contributed by atoms with Crippen LogP contribution in [0.15, 0.2) is 0 Å². The molecule has 7 heteroatoms. The molecule has 4 bridgehead atoms. The summed E-state index contributed by atoms with van der Waals surface area (Å²) in [6, 6.07) is 0. The maximum absolute atomic E-state index is 14.0. The Morgan fingerprint density at radius 3 is 2.15 bits per heavy atom. The van der Waals surface area contributed by atoms with Crippen molar-refractivity contribution >= 4 is 10.1 Å². The van der Waals surface area contributed by atoms with Crippen molar-refractivity contribution in [2.45, 2.75) is 37.0 Å². The Kier molecular flexibility index (Phi) is 2.50. The van der Waals surface area contributed by atoms with Crippen molar-refractivity contribution < 1.29 is 26.9 Å². The number of halogens is 2. The van der Waals surface area contributed by atoms with Gasteiger partial charge in [0, 0.05) is 5.92 Å². The molecule has 0 saturated heterocycles. The Balaban J connectivity index is 1.66. The fourth-order valence-corrected chi connectivity index (χ4v) is 6.80. The van der Waals surface area contributed by atoms with Gasteiger partial charge in [0.2, 0.25) is 0 Å². The van der Waals surface area contributed by atoms with Crippen molar-refractivity contribution in [2.75, 3.05) is 0 Å². The molecule has 0 aromatic carbocycles. The van der Waals surface area contributed by atoms with Gasteiger partial charge in [0.1, 0.15) is 0 Å². The van der Waals surface area contributed by atoms with E-state index in [-0.39, 0.29) is 42.1 Å². The third-order valence-corrected chi connectivity index (χ3v) is 7.55. The largest absolute Gasteiger partial charge is 0.393 e. The highest BCUT2D eigenvalue weighted by molar-refractivity contribution is 7.86. The van der Waals surface area contributed by atoms with E-state index in [0.29, 0.717) is 18.8 Å². The molecule has 8 atom stereocenters. The lowest BCUT2D eigenvalue weighted by Gasteiger charge is -2.41. The summed E-state index contributed by atoms with van der Waals surface area (Å²) < 4.78 is 58.8. The molecule has 0 spiro atoms. The molecular formula is C13H18F2O4S. The maximum atomic E-state index is 14.0. The summed E-state index contributed by atoms with van der Waals surface area (Å²) in [4.78, 5) is 0. The van der Waals surface area contributed by atoms with Crippen molar-refractivity contribution in [1.82, 2.24) is 0 Å². The monoisotopic (exact) mass is 308 g/mol. The van der Waals surface area contributed by atoms with Gasteiger partial charge >= 0.3 is 15.4 Å². The Hall–Kier alpha value is -0.270. The minimum atomic E-state index is -5.34. The number of rotatable bonds is 2. The first-order valence-electron chi connectivity index (χ1n) is 7.24. The summed E-state index contributed by atoms with van der Waals surface area (Å²) in [6.07, 6.45) is 2.05. The highest BCUT2D eigenvalue weighted by atomic mass is 32.2. The van der Waals surface area contributed by atoms with E-state index in [1.165, 1.54) is 0 Å². The van der Waals surface area contributed by atoms with Crippen LogP contribution in [0.3, 0.4) is 0 Å². The average molecular weight is 308 g/mol. The quantitative estimate of drug-likeness (QED) is 0.602. The van der Waals surface area contributed by atoms with Gasteiger partial charge in [-0.05, 0) is 61.2 Å². The van der Waals surface area contributed by atoms with Crippen molar-refractivity contribution in [3.8, 4) is 0 Å². The molecule has 0 aromatic heterocycles. The van der Waals surface area contributed by atoms with Crippen LogP contribution in [-0.4, -0.2) is 29.4 Å². The lowest BCUT2D eigenvalue weighted by molar-refractivity contribution is -0.0532. The fraction of sp³-hybridized carbons (Fsp3) is 1.00. The van der Waals surface area contributed by atoms with Gasteiger partial charge in [-0.3, -0.25) is 4.55 Å². The Bertz CT molecular complexity index is 549. The number of hydrogen-bond donors (Lipinski definition) is 2. The molecule has 4 saturated carbocycles. The van der Waals surface area contributed by atoms with Crippen molar-refractivity contribution in [3.05, 3.63) is 0 Å².